The van der Waals surface area contributed by atoms with Crippen LogP contribution in [0, 0.1) is 0 Å². The van der Waals surface area contributed by atoms with E-state index in [-0.39, 0.29) is 30.9 Å². The fourth-order valence-electron chi connectivity index (χ4n) is 6.31. The Labute approximate surface area is 275 Å². The van der Waals surface area contributed by atoms with Crippen LogP contribution in [0.3, 0.4) is 0 Å². The average molecular weight is 642 g/mol. The van der Waals surface area contributed by atoms with E-state index in [0.717, 1.165) is 48.6 Å². The highest BCUT2D eigenvalue weighted by atomic mass is 16.5. The van der Waals surface area contributed by atoms with E-state index >= 15 is 0 Å². The smallest absolute Gasteiger partial charge is 0.338 e. The van der Waals surface area contributed by atoms with Crippen molar-refractivity contribution in [2.24, 2.45) is 0 Å². The molecule has 10 heteroatoms. The average Bonchev–Trinajstić information content (AvgIpc) is 3.52. The normalized spacial score (nSPS) is 13.9. The number of aryl methyl sites for hydroxylation is 1. The zero-order valence-corrected chi connectivity index (χ0v) is 27.5. The van der Waals surface area contributed by atoms with Crippen molar-refractivity contribution >= 4 is 34.4 Å². The summed E-state index contributed by atoms with van der Waals surface area (Å²) in [5.41, 5.74) is 3.28. The number of benzene rings is 3. The molecule has 1 atom stereocenters. The van der Waals surface area contributed by atoms with Gasteiger partial charge in [0.05, 0.1) is 33.5 Å². The number of para-hydroxylation sites is 1. The van der Waals surface area contributed by atoms with Crippen molar-refractivity contribution in [1.29, 1.82) is 0 Å². The lowest BCUT2D eigenvalue weighted by molar-refractivity contribution is -0.127. The number of esters is 1. The van der Waals surface area contributed by atoms with E-state index in [1.165, 1.54) is 26.2 Å². The van der Waals surface area contributed by atoms with E-state index in [9.17, 15) is 14.4 Å². The Balaban J connectivity index is 1.60. The first-order chi connectivity index (χ1) is 22.9. The monoisotopic (exact) mass is 641 g/mol. The van der Waals surface area contributed by atoms with E-state index in [2.05, 4.69) is 10.3 Å². The van der Waals surface area contributed by atoms with Crippen LogP contribution in [0.25, 0.3) is 10.9 Å². The van der Waals surface area contributed by atoms with Gasteiger partial charge in [0.15, 0.2) is 11.5 Å². The highest BCUT2D eigenvalue weighted by molar-refractivity contribution is 6.02. The van der Waals surface area contributed by atoms with Crippen molar-refractivity contribution in [2.45, 2.75) is 64.0 Å². The van der Waals surface area contributed by atoms with Crippen LogP contribution in [0.4, 0.5) is 5.69 Å². The number of carbonyl (C=O) groups is 3. The third-order valence-corrected chi connectivity index (χ3v) is 8.67. The van der Waals surface area contributed by atoms with Gasteiger partial charge >= 0.3 is 5.97 Å². The highest BCUT2D eigenvalue weighted by Gasteiger charge is 2.35. The van der Waals surface area contributed by atoms with Crippen LogP contribution in [-0.4, -0.2) is 56.7 Å². The maximum absolute atomic E-state index is 14.5. The fraction of sp³-hybridized carbons (Fsp3) is 0.378. The summed E-state index contributed by atoms with van der Waals surface area (Å²) in [5.74, 6) is 0.0498. The van der Waals surface area contributed by atoms with Gasteiger partial charge in [0.25, 0.3) is 0 Å². The first-order valence-corrected chi connectivity index (χ1v) is 16.1. The van der Waals surface area contributed by atoms with Crippen LogP contribution in [0.5, 0.6) is 17.2 Å². The van der Waals surface area contributed by atoms with Gasteiger partial charge < -0.3 is 29.2 Å². The molecule has 0 spiro atoms. The molecule has 2 N–H and O–H groups in total. The molecule has 47 heavy (non-hydrogen) atoms. The zero-order valence-electron chi connectivity index (χ0n) is 27.5. The van der Waals surface area contributed by atoms with E-state index in [0.29, 0.717) is 40.5 Å². The number of hydrogen-bond acceptors (Lipinski definition) is 7. The number of nitrogens with one attached hydrogen (secondary N) is 2. The predicted molar refractivity (Wildman–Crippen MR) is 180 cm³/mol. The number of fused-ring (bicyclic) bond motifs is 1. The molecule has 1 saturated carbocycles. The molecular weight excluding hydrogens is 598 g/mol. The third-order valence-electron chi connectivity index (χ3n) is 8.67. The van der Waals surface area contributed by atoms with Gasteiger partial charge in [0.2, 0.25) is 17.6 Å². The molecule has 4 aromatic rings. The van der Waals surface area contributed by atoms with Gasteiger partial charge in [-0.2, -0.15) is 0 Å². The number of amides is 2. The molecule has 0 radical (unpaired) electrons. The van der Waals surface area contributed by atoms with Crippen molar-refractivity contribution < 1.29 is 33.3 Å². The third kappa shape index (κ3) is 7.53. The first-order valence-electron chi connectivity index (χ1n) is 16.1. The number of methoxy groups -OCH3 is 3. The Morgan fingerprint density at radius 1 is 0.915 bits per heavy atom. The van der Waals surface area contributed by atoms with Crippen molar-refractivity contribution in [3.05, 3.63) is 83.6 Å². The number of H-pyrrole nitrogens is 1. The minimum Gasteiger partial charge on any atom is -0.493 e. The molecular formula is C37H43N3O7. The summed E-state index contributed by atoms with van der Waals surface area (Å²) in [6.45, 7) is 1.98. The van der Waals surface area contributed by atoms with Crippen LogP contribution in [0.15, 0.2) is 66.9 Å². The Hall–Kier alpha value is -4.99. The maximum atomic E-state index is 14.5. The SMILES string of the molecule is CCOC(=O)c1ccc(N(C(=O)CCc2c[nH]c3ccccc23)[C@@H](C(=O)NC2CCCCC2)c2cc(OC)c(OC)c(OC)c2)cc1. The van der Waals surface area contributed by atoms with E-state index in [1.807, 2.05) is 30.5 Å². The molecule has 5 rings (SSSR count). The fourth-order valence-corrected chi connectivity index (χ4v) is 6.31. The highest BCUT2D eigenvalue weighted by Crippen LogP contribution is 2.42. The summed E-state index contributed by atoms with van der Waals surface area (Å²) >= 11 is 0. The summed E-state index contributed by atoms with van der Waals surface area (Å²) in [5, 5.41) is 4.28. The number of hydrogen-bond donors (Lipinski definition) is 2. The number of ether oxygens (including phenoxy) is 4. The molecule has 1 fully saturated rings. The van der Waals surface area contributed by atoms with Crippen LogP contribution < -0.4 is 24.4 Å². The largest absolute Gasteiger partial charge is 0.493 e. The molecule has 0 bridgehead atoms. The molecule has 10 nitrogen and oxygen atoms in total. The number of carbonyl (C=O) groups excluding carboxylic acids is 3. The second-order valence-corrected chi connectivity index (χ2v) is 11.6. The number of aromatic amines is 1. The van der Waals surface area contributed by atoms with Crippen molar-refractivity contribution in [2.75, 3.05) is 32.8 Å². The van der Waals surface area contributed by atoms with Gasteiger partial charge in [-0.1, -0.05) is 37.5 Å². The summed E-state index contributed by atoms with van der Waals surface area (Å²) in [6, 6.07) is 16.8. The van der Waals surface area contributed by atoms with Gasteiger partial charge in [-0.25, -0.2) is 4.79 Å². The van der Waals surface area contributed by atoms with Crippen LogP contribution >= 0.6 is 0 Å². The molecule has 0 saturated heterocycles. The van der Waals surface area contributed by atoms with E-state index in [4.69, 9.17) is 18.9 Å². The molecule has 0 unspecified atom stereocenters. The standard InChI is InChI=1S/C37H43N3O7/c1-5-47-37(43)24-15-18-28(19-16-24)40(33(41)20-17-25-23-38-30-14-10-9-13-29(25)30)34(36(42)39-27-11-7-6-8-12-27)26-21-31(44-2)35(46-4)32(22-26)45-3/h9-10,13-16,18-19,21-23,27,34,38H,5-8,11-12,17,20H2,1-4H3,(H,39,42)/t34-/m1/s1. The molecule has 3 aromatic carbocycles. The molecule has 1 aromatic heterocycles. The van der Waals surface area contributed by atoms with Gasteiger partial charge in [-0.3, -0.25) is 14.5 Å². The second-order valence-electron chi connectivity index (χ2n) is 11.6. The van der Waals surface area contributed by atoms with E-state index in [1.54, 1.807) is 43.3 Å². The Kier molecular flexibility index (Phi) is 11.0. The lowest BCUT2D eigenvalue weighted by Gasteiger charge is -2.34. The summed E-state index contributed by atoms with van der Waals surface area (Å²) < 4.78 is 22.0. The molecule has 1 aliphatic rings. The number of nitrogens with zero attached hydrogens (tertiary/aromatic N) is 1. The van der Waals surface area contributed by atoms with Gasteiger partial charge in [0, 0.05) is 35.2 Å². The lowest BCUT2D eigenvalue weighted by atomic mass is 9.94. The van der Waals surface area contributed by atoms with Crippen LogP contribution in [0.2, 0.25) is 0 Å². The zero-order chi connectivity index (χ0) is 33.3. The van der Waals surface area contributed by atoms with Crippen molar-refractivity contribution in [1.82, 2.24) is 10.3 Å². The van der Waals surface area contributed by atoms with Gasteiger partial charge in [0.1, 0.15) is 6.04 Å². The van der Waals surface area contributed by atoms with Crippen molar-refractivity contribution in [3.8, 4) is 17.2 Å². The summed E-state index contributed by atoms with van der Waals surface area (Å²) in [7, 11) is 4.53. The van der Waals surface area contributed by atoms with Crippen LogP contribution in [0.1, 0.15) is 73.0 Å². The number of rotatable bonds is 13. The first kappa shape index (κ1) is 33.4. The Morgan fingerprint density at radius 2 is 1.60 bits per heavy atom. The Bertz CT molecular complexity index is 1670. The minimum absolute atomic E-state index is 0.00449. The summed E-state index contributed by atoms with van der Waals surface area (Å²) in [4.78, 5) is 46.2. The molecule has 2 amide bonds. The van der Waals surface area contributed by atoms with Crippen molar-refractivity contribution in [3.63, 3.8) is 0 Å². The van der Waals surface area contributed by atoms with Gasteiger partial charge in [-0.05, 0) is 79.8 Å². The second kappa shape index (κ2) is 15.5. The lowest BCUT2D eigenvalue weighted by Crippen LogP contribution is -2.47. The van der Waals surface area contributed by atoms with E-state index < -0.39 is 12.0 Å². The molecule has 1 heterocycles. The maximum Gasteiger partial charge on any atom is 0.338 e. The topological polar surface area (TPSA) is 119 Å². The Morgan fingerprint density at radius 3 is 2.23 bits per heavy atom. The minimum atomic E-state index is -1.09. The molecule has 1 aliphatic carbocycles. The molecule has 248 valence electrons. The van der Waals surface area contributed by atoms with Crippen LogP contribution in [-0.2, 0) is 20.7 Å². The number of aromatic nitrogens is 1. The summed E-state index contributed by atoms with van der Waals surface area (Å²) in [6.07, 6.45) is 7.43. The van der Waals surface area contributed by atoms with Gasteiger partial charge in [-0.15, -0.1) is 0 Å². The predicted octanol–water partition coefficient (Wildman–Crippen LogP) is 6.53. The number of anilines is 1. The quantitative estimate of drug-likeness (QED) is 0.159. The molecule has 0 aliphatic heterocycles.